The number of hydrogen-bond donors (Lipinski definition) is 1. The van der Waals surface area contributed by atoms with Gasteiger partial charge in [0.25, 0.3) is 0 Å². The summed E-state index contributed by atoms with van der Waals surface area (Å²) in [5, 5.41) is 0. The van der Waals surface area contributed by atoms with Crippen molar-refractivity contribution in [1.29, 1.82) is 0 Å². The number of carbonyl (C=O) groups excluding carboxylic acids is 1. The molecule has 1 amide bonds. The minimum atomic E-state index is 0.204. The first-order valence-corrected chi connectivity index (χ1v) is 7.76. The number of imidazole rings is 1. The van der Waals surface area contributed by atoms with Crippen molar-refractivity contribution in [3.05, 3.63) is 18.2 Å². The molecule has 0 atom stereocenters. The highest BCUT2D eigenvalue weighted by Gasteiger charge is 2.14. The molecule has 0 aromatic carbocycles. The van der Waals surface area contributed by atoms with Crippen molar-refractivity contribution in [1.82, 2.24) is 19.8 Å². The topological polar surface area (TPSA) is 52.2 Å². The SMILES string of the molecule is CCCSCC(=O)N(CCN(C)C)Cc1cnc[nH]1. The molecular weight excluding hydrogens is 260 g/mol. The van der Waals surface area contributed by atoms with Gasteiger partial charge in [0.1, 0.15) is 0 Å². The van der Waals surface area contributed by atoms with Crippen LogP contribution in [0.5, 0.6) is 0 Å². The van der Waals surface area contributed by atoms with E-state index in [0.29, 0.717) is 12.3 Å². The van der Waals surface area contributed by atoms with E-state index >= 15 is 0 Å². The highest BCUT2D eigenvalue weighted by Crippen LogP contribution is 2.07. The average Bonchev–Trinajstić information content (AvgIpc) is 2.87. The van der Waals surface area contributed by atoms with E-state index in [9.17, 15) is 4.79 Å². The predicted molar refractivity (Wildman–Crippen MR) is 80.2 cm³/mol. The Hall–Kier alpha value is -1.01. The number of likely N-dealkylation sites (N-methyl/N-ethyl adjacent to an activating group) is 1. The molecule has 108 valence electrons. The number of aromatic nitrogens is 2. The normalized spacial score (nSPS) is 10.9. The van der Waals surface area contributed by atoms with Gasteiger partial charge in [0.05, 0.1) is 24.3 Å². The predicted octanol–water partition coefficient (Wildman–Crippen LogP) is 1.44. The van der Waals surface area contributed by atoms with Gasteiger partial charge in [0.15, 0.2) is 0 Å². The molecule has 5 nitrogen and oxygen atoms in total. The van der Waals surface area contributed by atoms with Gasteiger partial charge in [-0.05, 0) is 26.3 Å². The van der Waals surface area contributed by atoms with Gasteiger partial charge in [-0.3, -0.25) is 4.79 Å². The van der Waals surface area contributed by atoms with Crippen LogP contribution in [0.15, 0.2) is 12.5 Å². The van der Waals surface area contributed by atoms with Gasteiger partial charge in [-0.25, -0.2) is 4.98 Å². The van der Waals surface area contributed by atoms with Gasteiger partial charge in [-0.15, -0.1) is 0 Å². The van der Waals surface area contributed by atoms with Gasteiger partial charge in [-0.2, -0.15) is 11.8 Å². The molecule has 0 radical (unpaired) electrons. The molecule has 0 aliphatic carbocycles. The van der Waals surface area contributed by atoms with Gasteiger partial charge < -0.3 is 14.8 Å². The lowest BCUT2D eigenvalue weighted by Crippen LogP contribution is -2.37. The van der Waals surface area contributed by atoms with Gasteiger partial charge in [0, 0.05) is 19.3 Å². The molecule has 0 bridgehead atoms. The monoisotopic (exact) mass is 284 g/mol. The fourth-order valence-corrected chi connectivity index (χ4v) is 2.37. The first-order valence-electron chi connectivity index (χ1n) is 6.61. The van der Waals surface area contributed by atoms with Crippen LogP contribution in [0.25, 0.3) is 0 Å². The summed E-state index contributed by atoms with van der Waals surface area (Å²) < 4.78 is 0. The fourth-order valence-electron chi connectivity index (χ4n) is 1.58. The van der Waals surface area contributed by atoms with Crippen molar-refractivity contribution in [3.63, 3.8) is 0 Å². The van der Waals surface area contributed by atoms with E-state index in [1.165, 1.54) is 0 Å². The van der Waals surface area contributed by atoms with Crippen molar-refractivity contribution < 1.29 is 4.79 Å². The average molecular weight is 284 g/mol. The summed E-state index contributed by atoms with van der Waals surface area (Å²) in [5.74, 6) is 1.81. The Kier molecular flexibility index (Phi) is 7.59. The summed E-state index contributed by atoms with van der Waals surface area (Å²) >= 11 is 1.71. The standard InChI is InChI=1S/C13H24N4OS/c1-4-7-19-10-13(18)17(6-5-16(2)3)9-12-8-14-11-15-12/h8,11H,4-7,9-10H2,1-3H3,(H,14,15). The summed E-state index contributed by atoms with van der Waals surface area (Å²) in [7, 11) is 4.04. The van der Waals surface area contributed by atoms with Crippen LogP contribution in [0.1, 0.15) is 19.0 Å². The van der Waals surface area contributed by atoms with Crippen molar-refractivity contribution in [2.24, 2.45) is 0 Å². The number of hydrogen-bond acceptors (Lipinski definition) is 4. The Labute approximate surface area is 119 Å². The lowest BCUT2D eigenvalue weighted by Gasteiger charge is -2.23. The number of H-pyrrole nitrogens is 1. The number of aromatic amines is 1. The molecule has 0 aliphatic heterocycles. The quantitative estimate of drug-likeness (QED) is 0.697. The minimum Gasteiger partial charge on any atom is -0.347 e. The third-order valence-corrected chi connectivity index (χ3v) is 3.81. The molecule has 1 aromatic heterocycles. The highest BCUT2D eigenvalue weighted by molar-refractivity contribution is 7.99. The van der Waals surface area contributed by atoms with E-state index in [4.69, 9.17) is 0 Å². The molecule has 6 heteroatoms. The molecule has 1 aromatic rings. The summed E-state index contributed by atoms with van der Waals surface area (Å²) in [6.07, 6.45) is 4.53. The molecule has 0 unspecified atom stereocenters. The van der Waals surface area contributed by atoms with Crippen LogP contribution < -0.4 is 0 Å². The number of nitrogens with zero attached hydrogens (tertiary/aromatic N) is 3. The first-order chi connectivity index (χ1) is 9.13. The lowest BCUT2D eigenvalue weighted by molar-refractivity contribution is -0.129. The van der Waals surface area contributed by atoms with Crippen molar-refractivity contribution in [3.8, 4) is 0 Å². The number of carbonyl (C=O) groups is 1. The summed E-state index contributed by atoms with van der Waals surface area (Å²) in [5.41, 5.74) is 0.979. The third-order valence-electron chi connectivity index (χ3n) is 2.66. The Balaban J connectivity index is 2.49. The molecule has 0 saturated heterocycles. The van der Waals surface area contributed by atoms with E-state index in [1.807, 2.05) is 19.0 Å². The zero-order valence-corrected chi connectivity index (χ0v) is 12.9. The van der Waals surface area contributed by atoms with Crippen LogP contribution in [0.2, 0.25) is 0 Å². The second kappa shape index (κ2) is 8.98. The van der Waals surface area contributed by atoms with E-state index in [0.717, 1.165) is 31.0 Å². The van der Waals surface area contributed by atoms with Crippen LogP contribution in [0, 0.1) is 0 Å². The zero-order valence-electron chi connectivity index (χ0n) is 12.1. The van der Waals surface area contributed by atoms with Crippen molar-refractivity contribution in [2.75, 3.05) is 38.7 Å². The summed E-state index contributed by atoms with van der Waals surface area (Å²) in [4.78, 5) is 23.2. The highest BCUT2D eigenvalue weighted by atomic mass is 32.2. The van der Waals surface area contributed by atoms with Crippen LogP contribution >= 0.6 is 11.8 Å². The van der Waals surface area contributed by atoms with Gasteiger partial charge >= 0.3 is 0 Å². The maximum absolute atomic E-state index is 12.2. The van der Waals surface area contributed by atoms with Gasteiger partial charge in [0.2, 0.25) is 5.91 Å². The maximum atomic E-state index is 12.2. The maximum Gasteiger partial charge on any atom is 0.232 e. The largest absolute Gasteiger partial charge is 0.347 e. The number of thioether (sulfide) groups is 1. The van der Waals surface area contributed by atoms with E-state index < -0.39 is 0 Å². The molecule has 1 N–H and O–H groups in total. The molecule has 1 heterocycles. The molecule has 0 saturated carbocycles. The smallest absolute Gasteiger partial charge is 0.232 e. The zero-order chi connectivity index (χ0) is 14.1. The second-order valence-corrected chi connectivity index (χ2v) is 5.85. The van der Waals surface area contributed by atoms with Crippen LogP contribution in [0.4, 0.5) is 0 Å². The number of rotatable bonds is 9. The fraction of sp³-hybridized carbons (Fsp3) is 0.692. The molecular formula is C13H24N4OS. The second-order valence-electron chi connectivity index (χ2n) is 4.75. The van der Waals surface area contributed by atoms with Crippen LogP contribution in [-0.4, -0.2) is 64.4 Å². The Morgan fingerprint density at radius 3 is 2.79 bits per heavy atom. The Bertz CT molecular complexity index is 354. The molecule has 0 fully saturated rings. The molecule has 0 aliphatic rings. The van der Waals surface area contributed by atoms with E-state index in [2.05, 4.69) is 21.8 Å². The molecule has 0 spiro atoms. The van der Waals surface area contributed by atoms with E-state index in [1.54, 1.807) is 24.3 Å². The molecule has 1 rings (SSSR count). The van der Waals surface area contributed by atoms with Crippen LogP contribution in [-0.2, 0) is 11.3 Å². The first kappa shape index (κ1) is 16.0. The lowest BCUT2D eigenvalue weighted by atomic mass is 10.3. The Morgan fingerprint density at radius 2 is 2.21 bits per heavy atom. The van der Waals surface area contributed by atoms with Crippen molar-refractivity contribution in [2.45, 2.75) is 19.9 Å². The Morgan fingerprint density at radius 1 is 1.42 bits per heavy atom. The van der Waals surface area contributed by atoms with Gasteiger partial charge in [-0.1, -0.05) is 6.92 Å². The minimum absolute atomic E-state index is 0.204. The van der Waals surface area contributed by atoms with E-state index in [-0.39, 0.29) is 5.91 Å². The van der Waals surface area contributed by atoms with Crippen LogP contribution in [0.3, 0.4) is 0 Å². The summed E-state index contributed by atoms with van der Waals surface area (Å²) in [6.45, 7) is 4.36. The number of nitrogens with one attached hydrogen (secondary N) is 1. The summed E-state index contributed by atoms with van der Waals surface area (Å²) in [6, 6.07) is 0. The third kappa shape index (κ3) is 6.63. The number of amides is 1. The molecule has 19 heavy (non-hydrogen) atoms. The van der Waals surface area contributed by atoms with Crippen molar-refractivity contribution >= 4 is 17.7 Å².